The molecule has 3 atom stereocenters. The van der Waals surface area contributed by atoms with Gasteiger partial charge in [0.2, 0.25) is 5.91 Å². The number of benzene rings is 3. The first kappa shape index (κ1) is 26.8. The highest BCUT2D eigenvalue weighted by Gasteiger charge is 2.42. The Hall–Kier alpha value is -3.78. The number of rotatable bonds is 8. The van der Waals surface area contributed by atoms with Crippen LogP contribution in [0.15, 0.2) is 60.7 Å². The molecule has 3 aromatic carbocycles. The molecular formula is C30H30ClFN4O3. The highest BCUT2D eigenvalue weighted by Crippen LogP contribution is 2.38. The number of cyclic esters (lactones) is 1. The number of aromatic nitrogens is 3. The van der Waals surface area contributed by atoms with E-state index in [9.17, 15) is 9.59 Å². The molecule has 1 saturated heterocycles. The maximum absolute atomic E-state index is 16.1. The van der Waals surface area contributed by atoms with Crippen LogP contribution in [0.1, 0.15) is 47.6 Å². The van der Waals surface area contributed by atoms with Crippen LogP contribution in [0.25, 0.3) is 11.0 Å². The number of nitrogens with zero attached hydrogens (tertiary/aromatic N) is 4. The van der Waals surface area contributed by atoms with Gasteiger partial charge in [0.1, 0.15) is 12.1 Å². The lowest BCUT2D eigenvalue weighted by atomic mass is 9.79. The molecule has 2 unspecified atom stereocenters. The molecule has 0 saturated carbocycles. The van der Waals surface area contributed by atoms with Gasteiger partial charge in [-0.3, -0.25) is 4.79 Å². The van der Waals surface area contributed by atoms with E-state index in [0.717, 1.165) is 22.3 Å². The average molecular weight is 549 g/mol. The summed E-state index contributed by atoms with van der Waals surface area (Å²) in [4.78, 5) is 28.0. The van der Waals surface area contributed by atoms with Crippen molar-refractivity contribution in [3.8, 4) is 0 Å². The molecule has 0 aliphatic carbocycles. The number of carbonyl (C=O) groups is 2. The van der Waals surface area contributed by atoms with Gasteiger partial charge in [-0.2, -0.15) is 0 Å². The predicted octanol–water partition coefficient (Wildman–Crippen LogP) is 6.00. The largest absolute Gasteiger partial charge is 0.447 e. The van der Waals surface area contributed by atoms with Crippen LogP contribution in [0.4, 0.5) is 9.18 Å². The highest BCUT2D eigenvalue weighted by atomic mass is 35.5. The van der Waals surface area contributed by atoms with Crippen molar-refractivity contribution in [3.05, 3.63) is 94.3 Å². The van der Waals surface area contributed by atoms with Crippen LogP contribution in [0.3, 0.4) is 0 Å². The first-order chi connectivity index (χ1) is 18.8. The van der Waals surface area contributed by atoms with Crippen molar-refractivity contribution in [3.63, 3.8) is 0 Å². The smallest absolute Gasteiger partial charge is 0.416 e. The van der Waals surface area contributed by atoms with Crippen LogP contribution < -0.4 is 0 Å². The summed E-state index contributed by atoms with van der Waals surface area (Å²) in [6.45, 7) is 6.24. The van der Waals surface area contributed by atoms with E-state index >= 15 is 4.39 Å². The Balaban J connectivity index is 1.57. The van der Waals surface area contributed by atoms with Gasteiger partial charge in [-0.05, 0) is 54.2 Å². The number of hydrogen-bond acceptors (Lipinski definition) is 5. The number of carbonyl (C=O) groups excluding carboxylic acids is 2. The lowest BCUT2D eigenvalue weighted by molar-refractivity contribution is -0.133. The van der Waals surface area contributed by atoms with Gasteiger partial charge in [-0.15, -0.1) is 16.7 Å². The quantitative estimate of drug-likeness (QED) is 0.253. The Morgan fingerprint density at radius 3 is 2.67 bits per heavy atom. The van der Waals surface area contributed by atoms with E-state index in [4.69, 9.17) is 16.3 Å². The van der Waals surface area contributed by atoms with E-state index in [1.807, 2.05) is 62.4 Å². The van der Waals surface area contributed by atoms with Gasteiger partial charge in [-0.25, -0.2) is 18.8 Å². The van der Waals surface area contributed by atoms with Gasteiger partial charge in [-0.1, -0.05) is 66.7 Å². The SMILES string of the molecule is CCn1nnc2c(F)c(C(c3ccc(C)c(CCl)c3)C(C)C(=O)N3C(=O)OC[C@H]3Cc3ccccc3)ccc21. The van der Waals surface area contributed by atoms with Crippen LogP contribution >= 0.6 is 11.6 Å². The number of halogens is 2. The highest BCUT2D eigenvalue weighted by molar-refractivity contribution is 6.17. The molecule has 2 amide bonds. The molecule has 2 heterocycles. The number of aryl methyl sites for hydroxylation is 2. The summed E-state index contributed by atoms with van der Waals surface area (Å²) in [7, 11) is 0. The fourth-order valence-corrected chi connectivity index (χ4v) is 5.68. The Morgan fingerprint density at radius 2 is 1.95 bits per heavy atom. The molecule has 39 heavy (non-hydrogen) atoms. The molecule has 0 bridgehead atoms. The van der Waals surface area contributed by atoms with Crippen molar-refractivity contribution >= 4 is 34.6 Å². The van der Waals surface area contributed by atoms with Gasteiger partial charge >= 0.3 is 6.09 Å². The molecule has 1 aromatic heterocycles. The zero-order chi connectivity index (χ0) is 27.7. The maximum Gasteiger partial charge on any atom is 0.416 e. The van der Waals surface area contributed by atoms with Crippen LogP contribution in [0, 0.1) is 18.7 Å². The van der Waals surface area contributed by atoms with Crippen molar-refractivity contribution < 1.29 is 18.7 Å². The van der Waals surface area contributed by atoms with Gasteiger partial charge in [0.05, 0.1) is 11.6 Å². The van der Waals surface area contributed by atoms with E-state index < -0.39 is 35.7 Å². The van der Waals surface area contributed by atoms with Crippen LogP contribution in [0.2, 0.25) is 0 Å². The summed E-state index contributed by atoms with van der Waals surface area (Å²) < 4.78 is 23.0. The summed E-state index contributed by atoms with van der Waals surface area (Å²) in [6, 6.07) is 18.4. The molecule has 1 fully saturated rings. The molecule has 202 valence electrons. The summed E-state index contributed by atoms with van der Waals surface area (Å²) in [5, 5.41) is 8.14. The van der Waals surface area contributed by atoms with Gasteiger partial charge in [0.15, 0.2) is 5.82 Å². The topological polar surface area (TPSA) is 77.3 Å². The zero-order valence-electron chi connectivity index (χ0n) is 22.1. The number of hydrogen-bond donors (Lipinski definition) is 0. The zero-order valence-corrected chi connectivity index (χ0v) is 22.9. The maximum atomic E-state index is 16.1. The van der Waals surface area contributed by atoms with E-state index in [-0.39, 0.29) is 18.0 Å². The minimum absolute atomic E-state index is 0.109. The van der Waals surface area contributed by atoms with Crippen LogP contribution in [-0.2, 0) is 28.4 Å². The fourth-order valence-electron chi connectivity index (χ4n) is 5.39. The Kier molecular flexibility index (Phi) is 7.66. The molecule has 0 radical (unpaired) electrons. The monoisotopic (exact) mass is 548 g/mol. The number of fused-ring (bicyclic) bond motifs is 1. The van der Waals surface area contributed by atoms with Crippen LogP contribution in [-0.4, -0.2) is 44.5 Å². The van der Waals surface area contributed by atoms with Gasteiger partial charge in [0, 0.05) is 24.3 Å². The summed E-state index contributed by atoms with van der Waals surface area (Å²) >= 11 is 6.21. The molecule has 1 aliphatic rings. The first-order valence-electron chi connectivity index (χ1n) is 13.0. The van der Waals surface area contributed by atoms with Crippen molar-refractivity contribution in [2.75, 3.05) is 6.61 Å². The van der Waals surface area contributed by atoms with Crippen molar-refractivity contribution in [1.82, 2.24) is 19.9 Å². The number of alkyl halides is 1. The molecule has 0 N–H and O–H groups in total. The normalized spacial score (nSPS) is 16.9. The minimum Gasteiger partial charge on any atom is -0.447 e. The fraction of sp³-hybridized carbons (Fsp3) is 0.333. The third-order valence-corrected chi connectivity index (χ3v) is 7.86. The summed E-state index contributed by atoms with van der Waals surface area (Å²) in [5.41, 5.74) is 4.63. The molecule has 7 nitrogen and oxygen atoms in total. The third kappa shape index (κ3) is 5.01. The van der Waals surface area contributed by atoms with E-state index in [1.54, 1.807) is 23.7 Å². The number of imide groups is 1. The third-order valence-electron chi connectivity index (χ3n) is 7.57. The van der Waals surface area contributed by atoms with E-state index in [0.29, 0.717) is 24.0 Å². The molecule has 0 spiro atoms. The van der Waals surface area contributed by atoms with Crippen molar-refractivity contribution in [2.24, 2.45) is 5.92 Å². The minimum atomic E-state index is -0.798. The van der Waals surface area contributed by atoms with E-state index in [2.05, 4.69) is 10.3 Å². The average Bonchev–Trinajstić information content (AvgIpc) is 3.54. The molecule has 9 heteroatoms. The summed E-state index contributed by atoms with van der Waals surface area (Å²) in [6.07, 6.45) is -0.212. The number of ether oxygens (including phenoxy) is 1. The second-order valence-electron chi connectivity index (χ2n) is 9.96. The lowest BCUT2D eigenvalue weighted by Gasteiger charge is -2.29. The van der Waals surface area contributed by atoms with Crippen molar-refractivity contribution in [2.45, 2.75) is 51.6 Å². The molecule has 4 aromatic rings. The van der Waals surface area contributed by atoms with E-state index in [1.165, 1.54) is 4.90 Å². The first-order valence-corrected chi connectivity index (χ1v) is 13.6. The molecule has 1 aliphatic heterocycles. The Morgan fingerprint density at radius 1 is 1.18 bits per heavy atom. The predicted molar refractivity (Wildman–Crippen MR) is 147 cm³/mol. The van der Waals surface area contributed by atoms with Crippen molar-refractivity contribution in [1.29, 1.82) is 0 Å². The summed E-state index contributed by atoms with van der Waals surface area (Å²) in [5.74, 6) is -2.18. The second kappa shape index (κ2) is 11.1. The Bertz CT molecular complexity index is 1520. The molecule has 5 rings (SSSR count). The Labute approximate surface area is 231 Å². The standard InChI is InChI=1S/C30H30ClFN4O3/c1-4-35-25-13-12-24(27(32)28(25)33-34-35)26(21-11-10-18(2)22(15-21)16-31)19(3)29(37)36-23(17-39-30(36)38)14-20-8-6-5-7-9-20/h5-13,15,19,23,26H,4,14,16-17H2,1-3H3/t19?,23-,26?/m1/s1. The number of amides is 2. The van der Waals surface area contributed by atoms with Crippen LogP contribution in [0.5, 0.6) is 0 Å². The van der Waals surface area contributed by atoms with Gasteiger partial charge in [0.25, 0.3) is 0 Å². The van der Waals surface area contributed by atoms with Gasteiger partial charge < -0.3 is 4.74 Å². The molecular weight excluding hydrogens is 519 g/mol. The lowest BCUT2D eigenvalue weighted by Crippen LogP contribution is -2.44. The second-order valence-corrected chi connectivity index (χ2v) is 10.2.